The summed E-state index contributed by atoms with van der Waals surface area (Å²) < 4.78 is 25.8. The molecule has 0 aliphatic carbocycles. The van der Waals surface area contributed by atoms with Crippen molar-refractivity contribution in [1.82, 2.24) is 35.1 Å². The van der Waals surface area contributed by atoms with Crippen molar-refractivity contribution >= 4 is 11.9 Å². The molecule has 0 unspecified atom stereocenters. The van der Waals surface area contributed by atoms with Crippen LogP contribution in [0.25, 0.3) is 22.6 Å². The van der Waals surface area contributed by atoms with Crippen LogP contribution < -0.4 is 10.2 Å². The number of nitrogens with zero attached hydrogens (tertiary/aromatic N) is 6. The summed E-state index contributed by atoms with van der Waals surface area (Å²) in [4.78, 5) is 36.9. The molecular formula is C29H39FN8O3. The molecule has 2 aliphatic rings. The first-order valence-electron chi connectivity index (χ1n) is 14.0. The summed E-state index contributed by atoms with van der Waals surface area (Å²) in [5, 5.41) is 3.00. The lowest BCUT2D eigenvalue weighted by atomic mass is 9.91. The van der Waals surface area contributed by atoms with Crippen LogP contribution >= 0.6 is 0 Å². The number of H-pyrrole nitrogens is 1. The van der Waals surface area contributed by atoms with E-state index in [0.717, 1.165) is 44.7 Å². The van der Waals surface area contributed by atoms with Gasteiger partial charge in [0.15, 0.2) is 5.82 Å². The van der Waals surface area contributed by atoms with Gasteiger partial charge in [0.2, 0.25) is 18.1 Å². The first kappa shape index (κ1) is 29.1. The number of rotatable bonds is 9. The molecule has 0 radical (unpaired) electrons. The van der Waals surface area contributed by atoms with E-state index in [0.29, 0.717) is 35.4 Å². The molecule has 220 valence electrons. The Morgan fingerprint density at radius 3 is 2.51 bits per heavy atom. The van der Waals surface area contributed by atoms with E-state index in [1.807, 2.05) is 27.1 Å². The van der Waals surface area contributed by atoms with Gasteiger partial charge in [0.25, 0.3) is 0 Å². The van der Waals surface area contributed by atoms with Crippen molar-refractivity contribution in [2.45, 2.75) is 19.6 Å². The standard InChI is InChI=1S/C29H39FN8O3/c1-29(27(39)31-11-5-13-36(2)3)18-40-26(41-19-29)25-34-23(20-6-8-21(30)9-7-20)24(35-25)22-10-12-32-28(33-22)38-16-14-37(4)15-17-38/h6-10,12,26H,5,11,13-19H2,1-4H3,(H,31,39)(H,34,35). The van der Waals surface area contributed by atoms with Gasteiger partial charge in [0.1, 0.15) is 5.82 Å². The van der Waals surface area contributed by atoms with E-state index >= 15 is 0 Å². The Kier molecular flexibility index (Phi) is 8.93. The van der Waals surface area contributed by atoms with E-state index in [2.05, 4.69) is 37.0 Å². The molecule has 2 aliphatic heterocycles. The van der Waals surface area contributed by atoms with E-state index in [4.69, 9.17) is 19.4 Å². The average molecular weight is 567 g/mol. The number of piperazine rings is 1. The fourth-order valence-corrected chi connectivity index (χ4v) is 4.86. The smallest absolute Gasteiger partial charge is 0.230 e. The van der Waals surface area contributed by atoms with Crippen LogP contribution in [0.5, 0.6) is 0 Å². The van der Waals surface area contributed by atoms with Gasteiger partial charge >= 0.3 is 0 Å². The lowest BCUT2D eigenvalue weighted by molar-refractivity contribution is -0.231. The Morgan fingerprint density at radius 1 is 1.12 bits per heavy atom. The summed E-state index contributed by atoms with van der Waals surface area (Å²) in [6.45, 7) is 7.23. The second kappa shape index (κ2) is 12.6. The zero-order valence-corrected chi connectivity index (χ0v) is 24.2. The maximum Gasteiger partial charge on any atom is 0.230 e. The number of benzene rings is 1. The summed E-state index contributed by atoms with van der Waals surface area (Å²) in [6, 6.07) is 7.99. The van der Waals surface area contributed by atoms with Crippen LogP contribution in [0.4, 0.5) is 10.3 Å². The Labute approximate surface area is 240 Å². The molecule has 2 aromatic heterocycles. The SMILES string of the molecule is CN(C)CCCNC(=O)C1(C)COC(c2nc(-c3ccc(F)cc3)c(-c3ccnc(N4CCN(C)CC4)n3)[nH]2)OC1. The summed E-state index contributed by atoms with van der Waals surface area (Å²) in [5.74, 6) is 0.671. The highest BCUT2D eigenvalue weighted by Gasteiger charge is 2.40. The molecule has 0 spiro atoms. The van der Waals surface area contributed by atoms with Crippen molar-refractivity contribution in [3.8, 4) is 22.6 Å². The normalized spacial score (nSPS) is 21.8. The van der Waals surface area contributed by atoms with Gasteiger partial charge in [-0.25, -0.2) is 19.3 Å². The summed E-state index contributed by atoms with van der Waals surface area (Å²) in [7, 11) is 6.11. The minimum atomic E-state index is -0.812. The first-order valence-corrected chi connectivity index (χ1v) is 14.0. The fourth-order valence-electron chi connectivity index (χ4n) is 4.86. The largest absolute Gasteiger partial charge is 0.355 e. The van der Waals surface area contributed by atoms with Gasteiger partial charge in [0.05, 0.1) is 35.7 Å². The molecule has 5 rings (SSSR count). The number of carbonyl (C=O) groups excluding carboxylic acids is 1. The minimum absolute atomic E-state index is 0.0979. The maximum absolute atomic E-state index is 13.7. The van der Waals surface area contributed by atoms with E-state index < -0.39 is 11.7 Å². The number of imidazole rings is 1. The Bertz CT molecular complexity index is 1320. The molecule has 2 fully saturated rings. The topological polar surface area (TPSA) is 112 Å². The maximum atomic E-state index is 13.7. The lowest BCUT2D eigenvalue weighted by Crippen LogP contribution is -2.49. The highest BCUT2D eigenvalue weighted by atomic mass is 19.1. The number of amides is 1. The third kappa shape index (κ3) is 6.89. The third-order valence-electron chi connectivity index (χ3n) is 7.47. The molecule has 0 saturated carbocycles. The van der Waals surface area contributed by atoms with Crippen molar-refractivity contribution in [3.05, 3.63) is 48.2 Å². The highest BCUT2D eigenvalue weighted by molar-refractivity contribution is 5.82. The second-order valence-electron chi connectivity index (χ2n) is 11.3. The van der Waals surface area contributed by atoms with Gasteiger partial charge in [-0.2, -0.15) is 0 Å². The molecule has 4 heterocycles. The number of aromatic nitrogens is 4. The Balaban J connectivity index is 1.35. The van der Waals surface area contributed by atoms with Crippen LogP contribution in [0.3, 0.4) is 0 Å². The van der Waals surface area contributed by atoms with Gasteiger partial charge in [-0.3, -0.25) is 4.79 Å². The van der Waals surface area contributed by atoms with E-state index in [1.165, 1.54) is 12.1 Å². The van der Waals surface area contributed by atoms with Crippen LogP contribution in [0.15, 0.2) is 36.5 Å². The molecule has 12 heteroatoms. The van der Waals surface area contributed by atoms with Crippen LogP contribution in [-0.4, -0.2) is 109 Å². The molecule has 0 bridgehead atoms. The molecule has 0 atom stereocenters. The van der Waals surface area contributed by atoms with Gasteiger partial charge < -0.3 is 34.5 Å². The first-order chi connectivity index (χ1) is 19.7. The number of hydrogen-bond donors (Lipinski definition) is 2. The molecule has 2 saturated heterocycles. The second-order valence-corrected chi connectivity index (χ2v) is 11.3. The molecule has 1 aromatic carbocycles. The summed E-state index contributed by atoms with van der Waals surface area (Å²) in [6.07, 6.45) is 1.80. The predicted octanol–water partition coefficient (Wildman–Crippen LogP) is 2.54. The van der Waals surface area contributed by atoms with Crippen molar-refractivity contribution < 1.29 is 18.7 Å². The van der Waals surface area contributed by atoms with Gasteiger partial charge in [-0.15, -0.1) is 0 Å². The Morgan fingerprint density at radius 2 is 1.83 bits per heavy atom. The van der Waals surface area contributed by atoms with E-state index in [-0.39, 0.29) is 24.9 Å². The fraction of sp³-hybridized carbons (Fsp3) is 0.517. The number of ether oxygens (including phenoxy) is 2. The summed E-state index contributed by atoms with van der Waals surface area (Å²) >= 11 is 0. The number of halogens is 1. The van der Waals surface area contributed by atoms with Crippen LogP contribution in [0.2, 0.25) is 0 Å². The van der Waals surface area contributed by atoms with Gasteiger partial charge in [-0.05, 0) is 71.4 Å². The zero-order valence-electron chi connectivity index (χ0n) is 24.2. The minimum Gasteiger partial charge on any atom is -0.355 e. The van der Waals surface area contributed by atoms with Crippen LogP contribution in [0, 0.1) is 11.2 Å². The van der Waals surface area contributed by atoms with Crippen molar-refractivity contribution in [3.63, 3.8) is 0 Å². The Hall–Kier alpha value is -3.45. The number of hydrogen-bond acceptors (Lipinski definition) is 9. The van der Waals surface area contributed by atoms with Crippen molar-refractivity contribution in [2.24, 2.45) is 5.41 Å². The number of nitrogens with one attached hydrogen (secondary N) is 2. The molecule has 11 nitrogen and oxygen atoms in total. The number of likely N-dealkylation sites (N-methyl/N-ethyl adjacent to an activating group) is 1. The van der Waals surface area contributed by atoms with E-state index in [1.54, 1.807) is 18.3 Å². The number of carbonyl (C=O) groups is 1. The molecule has 1 amide bonds. The van der Waals surface area contributed by atoms with Crippen LogP contribution in [-0.2, 0) is 14.3 Å². The van der Waals surface area contributed by atoms with Crippen molar-refractivity contribution in [2.75, 3.05) is 78.5 Å². The summed E-state index contributed by atoms with van der Waals surface area (Å²) in [5.41, 5.74) is 1.82. The van der Waals surface area contributed by atoms with Gasteiger partial charge in [-0.1, -0.05) is 0 Å². The number of anilines is 1. The lowest BCUT2D eigenvalue weighted by Gasteiger charge is -2.35. The molecule has 41 heavy (non-hydrogen) atoms. The predicted molar refractivity (Wildman–Crippen MR) is 154 cm³/mol. The van der Waals surface area contributed by atoms with Gasteiger partial charge in [0, 0.05) is 44.5 Å². The zero-order chi connectivity index (χ0) is 29.0. The van der Waals surface area contributed by atoms with Crippen LogP contribution in [0.1, 0.15) is 25.5 Å². The molecule has 3 aromatic rings. The van der Waals surface area contributed by atoms with Crippen molar-refractivity contribution in [1.29, 1.82) is 0 Å². The third-order valence-corrected chi connectivity index (χ3v) is 7.47. The number of aromatic amines is 1. The average Bonchev–Trinajstić information content (AvgIpc) is 3.42. The monoisotopic (exact) mass is 566 g/mol. The molecule has 2 N–H and O–H groups in total. The molecular weight excluding hydrogens is 527 g/mol. The van der Waals surface area contributed by atoms with E-state index in [9.17, 15) is 9.18 Å². The quantitative estimate of drug-likeness (QED) is 0.378. The highest BCUT2D eigenvalue weighted by Crippen LogP contribution is 2.35.